The number of ether oxygens (including phenoxy) is 1. The van der Waals surface area contributed by atoms with Gasteiger partial charge in [0.05, 0.1) is 0 Å². The number of amides is 1. The van der Waals surface area contributed by atoms with Crippen molar-refractivity contribution in [3.63, 3.8) is 0 Å². The first kappa shape index (κ1) is 18.5. The van der Waals surface area contributed by atoms with E-state index in [4.69, 9.17) is 16.3 Å². The van der Waals surface area contributed by atoms with Crippen LogP contribution in [0.2, 0.25) is 5.02 Å². The molecule has 9 heteroatoms. The number of nitrogens with zero attached hydrogens (tertiary/aromatic N) is 5. The molecule has 1 atom stereocenters. The van der Waals surface area contributed by atoms with Gasteiger partial charge in [0.25, 0.3) is 5.91 Å². The lowest BCUT2D eigenvalue weighted by Crippen LogP contribution is -2.50. The molecule has 1 N–H and O–H groups in total. The largest absolute Gasteiger partial charge is 0.478 e. The molecule has 28 heavy (non-hydrogen) atoms. The second-order valence-corrected chi connectivity index (χ2v) is 7.73. The summed E-state index contributed by atoms with van der Waals surface area (Å²) < 4.78 is 7.51. The van der Waals surface area contributed by atoms with E-state index in [1.165, 1.54) is 0 Å². The Morgan fingerprint density at radius 3 is 2.82 bits per heavy atom. The van der Waals surface area contributed by atoms with Crippen LogP contribution in [0.25, 0.3) is 5.65 Å². The maximum Gasteiger partial charge on any atom is 0.263 e. The SMILES string of the molecule is CC(C)(Oc1ccc(Cl)cc1)C(=O)NC1CCN(c2ccc3nncn3n2)C1. The van der Waals surface area contributed by atoms with Gasteiger partial charge in [-0.1, -0.05) is 11.6 Å². The van der Waals surface area contributed by atoms with E-state index in [0.29, 0.717) is 23.0 Å². The first-order valence-electron chi connectivity index (χ1n) is 9.08. The van der Waals surface area contributed by atoms with Crippen LogP contribution in [0.5, 0.6) is 5.75 Å². The number of fused-ring (bicyclic) bond motifs is 1. The number of carbonyl (C=O) groups excluding carboxylic acids is 1. The van der Waals surface area contributed by atoms with Crippen LogP contribution in [0.15, 0.2) is 42.7 Å². The van der Waals surface area contributed by atoms with Crippen LogP contribution in [0.1, 0.15) is 20.3 Å². The predicted octanol–water partition coefficient (Wildman–Crippen LogP) is 2.33. The average Bonchev–Trinajstić information content (AvgIpc) is 3.32. The van der Waals surface area contributed by atoms with Crippen molar-refractivity contribution in [3.8, 4) is 5.75 Å². The lowest BCUT2D eigenvalue weighted by atomic mass is 10.1. The van der Waals surface area contributed by atoms with Gasteiger partial charge < -0.3 is 15.0 Å². The lowest BCUT2D eigenvalue weighted by Gasteiger charge is -2.27. The van der Waals surface area contributed by atoms with Crippen LogP contribution in [-0.4, -0.2) is 50.5 Å². The molecule has 0 spiro atoms. The summed E-state index contributed by atoms with van der Waals surface area (Å²) in [6, 6.07) is 10.8. The Hall–Kier alpha value is -2.87. The Bertz CT molecular complexity index is 988. The molecule has 1 aromatic carbocycles. The van der Waals surface area contributed by atoms with Crippen molar-refractivity contribution >= 4 is 29.0 Å². The Morgan fingerprint density at radius 2 is 2.04 bits per heavy atom. The molecule has 0 radical (unpaired) electrons. The average molecular weight is 401 g/mol. The van der Waals surface area contributed by atoms with Crippen molar-refractivity contribution in [1.82, 2.24) is 25.1 Å². The van der Waals surface area contributed by atoms with Crippen LogP contribution in [0.3, 0.4) is 0 Å². The second-order valence-electron chi connectivity index (χ2n) is 7.30. The first-order valence-corrected chi connectivity index (χ1v) is 9.46. The Morgan fingerprint density at radius 1 is 1.25 bits per heavy atom. The minimum atomic E-state index is -0.999. The summed E-state index contributed by atoms with van der Waals surface area (Å²) in [7, 11) is 0. The highest BCUT2D eigenvalue weighted by Gasteiger charge is 2.34. The predicted molar refractivity (Wildman–Crippen MR) is 106 cm³/mol. The summed E-state index contributed by atoms with van der Waals surface area (Å²) in [5.74, 6) is 1.28. The van der Waals surface area contributed by atoms with E-state index in [1.807, 2.05) is 12.1 Å². The topological polar surface area (TPSA) is 84.6 Å². The quantitative estimate of drug-likeness (QED) is 0.707. The van der Waals surface area contributed by atoms with Gasteiger partial charge in [0.15, 0.2) is 11.2 Å². The van der Waals surface area contributed by atoms with E-state index in [1.54, 1.807) is 49.0 Å². The molecule has 3 heterocycles. The number of carbonyl (C=O) groups is 1. The minimum Gasteiger partial charge on any atom is -0.478 e. The van der Waals surface area contributed by atoms with Crippen LogP contribution < -0.4 is 15.0 Å². The molecule has 1 saturated heterocycles. The van der Waals surface area contributed by atoms with Crippen LogP contribution >= 0.6 is 11.6 Å². The molecule has 1 aliphatic rings. The van der Waals surface area contributed by atoms with E-state index >= 15 is 0 Å². The number of rotatable bonds is 5. The van der Waals surface area contributed by atoms with Crippen molar-refractivity contribution in [3.05, 3.63) is 47.7 Å². The molecule has 146 valence electrons. The highest BCUT2D eigenvalue weighted by atomic mass is 35.5. The van der Waals surface area contributed by atoms with Gasteiger partial charge in [-0.05, 0) is 56.7 Å². The highest BCUT2D eigenvalue weighted by molar-refractivity contribution is 6.30. The normalized spacial score (nSPS) is 17.1. The maximum absolute atomic E-state index is 12.8. The van der Waals surface area contributed by atoms with Crippen LogP contribution in [0, 0.1) is 0 Å². The van der Waals surface area contributed by atoms with Crippen LogP contribution in [0.4, 0.5) is 5.82 Å². The third-order valence-corrected chi connectivity index (χ3v) is 4.98. The van der Waals surface area contributed by atoms with Gasteiger partial charge >= 0.3 is 0 Å². The molecule has 8 nitrogen and oxygen atoms in total. The first-order chi connectivity index (χ1) is 13.4. The molecule has 1 amide bonds. The van der Waals surface area contributed by atoms with Gasteiger partial charge in [-0.15, -0.1) is 15.3 Å². The number of halogens is 1. The number of hydrogen-bond donors (Lipinski definition) is 1. The monoisotopic (exact) mass is 400 g/mol. The summed E-state index contributed by atoms with van der Waals surface area (Å²) in [5.41, 5.74) is -0.296. The third kappa shape index (κ3) is 3.87. The second kappa shape index (κ2) is 7.27. The number of anilines is 1. The van der Waals surface area contributed by atoms with Gasteiger partial charge in [0.2, 0.25) is 0 Å². The van der Waals surface area contributed by atoms with E-state index < -0.39 is 5.60 Å². The smallest absolute Gasteiger partial charge is 0.263 e. The zero-order valence-electron chi connectivity index (χ0n) is 15.7. The van der Waals surface area contributed by atoms with Crippen molar-refractivity contribution in [2.45, 2.75) is 31.9 Å². The fourth-order valence-corrected chi connectivity index (χ4v) is 3.30. The zero-order chi connectivity index (χ0) is 19.7. The van der Waals surface area contributed by atoms with E-state index in [9.17, 15) is 4.79 Å². The number of benzene rings is 1. The summed E-state index contributed by atoms with van der Waals surface area (Å²) in [6.45, 7) is 5.00. The lowest BCUT2D eigenvalue weighted by molar-refractivity contribution is -0.134. The highest BCUT2D eigenvalue weighted by Crippen LogP contribution is 2.22. The van der Waals surface area contributed by atoms with Crippen molar-refractivity contribution in [2.75, 3.05) is 18.0 Å². The number of nitrogens with one attached hydrogen (secondary N) is 1. The van der Waals surface area contributed by atoms with Gasteiger partial charge in [-0.3, -0.25) is 4.79 Å². The molecule has 0 saturated carbocycles. The summed E-state index contributed by atoms with van der Waals surface area (Å²) in [5, 5.41) is 16.0. The number of hydrogen-bond acceptors (Lipinski definition) is 6. The molecule has 1 aliphatic heterocycles. The fourth-order valence-electron chi connectivity index (χ4n) is 3.18. The van der Waals surface area contributed by atoms with Gasteiger partial charge in [-0.2, -0.15) is 4.52 Å². The standard InChI is InChI=1S/C19H21ClN6O2/c1-19(2,28-15-5-3-13(20)4-6-15)18(27)22-14-9-10-25(11-14)17-8-7-16-23-21-12-26(16)24-17/h3-8,12,14H,9-11H2,1-2H3,(H,22,27). The summed E-state index contributed by atoms with van der Waals surface area (Å²) in [6.07, 6.45) is 2.41. The van der Waals surface area contributed by atoms with E-state index in [-0.39, 0.29) is 11.9 Å². The molecule has 1 fully saturated rings. The Balaban J connectivity index is 1.37. The summed E-state index contributed by atoms with van der Waals surface area (Å²) >= 11 is 5.90. The molecule has 1 unspecified atom stereocenters. The van der Waals surface area contributed by atoms with Crippen molar-refractivity contribution in [1.29, 1.82) is 0 Å². The Kier molecular flexibility index (Phi) is 4.80. The van der Waals surface area contributed by atoms with E-state index in [0.717, 1.165) is 18.8 Å². The Labute approximate surface area is 167 Å². The van der Waals surface area contributed by atoms with Gasteiger partial charge in [0, 0.05) is 24.2 Å². The van der Waals surface area contributed by atoms with Crippen molar-refractivity contribution in [2.24, 2.45) is 0 Å². The number of aromatic nitrogens is 4. The molecule has 2 aromatic heterocycles. The molecule has 3 aromatic rings. The molecular formula is C19H21ClN6O2. The fraction of sp³-hybridized carbons (Fsp3) is 0.368. The van der Waals surface area contributed by atoms with Crippen LogP contribution in [-0.2, 0) is 4.79 Å². The van der Waals surface area contributed by atoms with Gasteiger partial charge in [-0.25, -0.2) is 0 Å². The van der Waals surface area contributed by atoms with Gasteiger partial charge in [0.1, 0.15) is 17.9 Å². The minimum absolute atomic E-state index is 0.0269. The maximum atomic E-state index is 12.8. The molecular weight excluding hydrogens is 380 g/mol. The summed E-state index contributed by atoms with van der Waals surface area (Å²) in [4.78, 5) is 14.9. The molecule has 0 bridgehead atoms. The molecule has 4 rings (SSSR count). The zero-order valence-corrected chi connectivity index (χ0v) is 16.4. The van der Waals surface area contributed by atoms with E-state index in [2.05, 4.69) is 25.5 Å². The molecule has 0 aliphatic carbocycles. The van der Waals surface area contributed by atoms with Crippen molar-refractivity contribution < 1.29 is 9.53 Å². The third-order valence-electron chi connectivity index (χ3n) is 4.73.